The molecule has 1 aromatic rings. The molecule has 0 bridgehead atoms. The van der Waals surface area contributed by atoms with Crippen LogP contribution in [-0.4, -0.2) is 15.5 Å². The van der Waals surface area contributed by atoms with Crippen LogP contribution in [0.5, 0.6) is 17.2 Å². The number of aromatic hydroxyl groups is 2. The van der Waals surface area contributed by atoms with E-state index in [0.29, 0.717) is 12.0 Å². The van der Waals surface area contributed by atoms with Crippen LogP contribution < -0.4 is 4.89 Å². The summed E-state index contributed by atoms with van der Waals surface area (Å²) in [5.41, 5.74) is 0.363. The summed E-state index contributed by atoms with van der Waals surface area (Å²) < 4.78 is 0. The molecule has 1 aromatic carbocycles. The standard InChI is InChI=1S/C8H10O4/c1-2-5-6(9)3-4-7(12-11)8(5)10/h3-4,9-11H,2H2,1H3. The lowest BCUT2D eigenvalue weighted by Crippen LogP contribution is -1.89. The molecule has 0 heterocycles. The third-order valence-corrected chi connectivity index (χ3v) is 1.67. The second-order valence-electron chi connectivity index (χ2n) is 2.35. The highest BCUT2D eigenvalue weighted by atomic mass is 17.1. The summed E-state index contributed by atoms with van der Waals surface area (Å²) >= 11 is 0. The summed E-state index contributed by atoms with van der Waals surface area (Å²) in [6, 6.07) is 2.63. The molecule has 0 saturated heterocycles. The lowest BCUT2D eigenvalue weighted by Gasteiger charge is -2.06. The highest BCUT2D eigenvalue weighted by molar-refractivity contribution is 5.52. The summed E-state index contributed by atoms with van der Waals surface area (Å²) in [7, 11) is 0. The molecule has 4 nitrogen and oxygen atoms in total. The highest BCUT2D eigenvalue weighted by Crippen LogP contribution is 2.35. The lowest BCUT2D eigenvalue weighted by molar-refractivity contribution is -0.139. The van der Waals surface area contributed by atoms with Crippen LogP contribution in [-0.2, 0) is 6.42 Å². The van der Waals surface area contributed by atoms with E-state index in [9.17, 15) is 10.2 Å². The van der Waals surface area contributed by atoms with Gasteiger partial charge in [-0.15, -0.1) is 0 Å². The third-order valence-electron chi connectivity index (χ3n) is 1.67. The maximum absolute atomic E-state index is 9.32. The Bertz CT molecular complexity index is 283. The Kier molecular flexibility index (Phi) is 2.40. The number of benzene rings is 1. The van der Waals surface area contributed by atoms with E-state index in [2.05, 4.69) is 4.89 Å². The van der Waals surface area contributed by atoms with Gasteiger partial charge in [0.1, 0.15) is 5.75 Å². The first-order chi connectivity index (χ1) is 5.70. The van der Waals surface area contributed by atoms with E-state index in [-0.39, 0.29) is 17.2 Å². The van der Waals surface area contributed by atoms with Gasteiger partial charge in [-0.2, -0.15) is 0 Å². The third kappa shape index (κ3) is 1.29. The molecule has 4 heteroatoms. The molecule has 0 amide bonds. The van der Waals surface area contributed by atoms with Gasteiger partial charge >= 0.3 is 0 Å². The van der Waals surface area contributed by atoms with Crippen molar-refractivity contribution in [2.24, 2.45) is 0 Å². The van der Waals surface area contributed by atoms with E-state index in [1.165, 1.54) is 12.1 Å². The first-order valence-corrected chi connectivity index (χ1v) is 3.56. The van der Waals surface area contributed by atoms with Crippen LogP contribution in [0, 0.1) is 0 Å². The maximum Gasteiger partial charge on any atom is 0.207 e. The summed E-state index contributed by atoms with van der Waals surface area (Å²) in [4.78, 5) is 3.88. The van der Waals surface area contributed by atoms with Crippen LogP contribution >= 0.6 is 0 Å². The van der Waals surface area contributed by atoms with Crippen molar-refractivity contribution in [2.45, 2.75) is 13.3 Å². The predicted octanol–water partition coefficient (Wildman–Crippen LogP) is 1.51. The van der Waals surface area contributed by atoms with Crippen LogP contribution in [0.3, 0.4) is 0 Å². The molecule has 0 aliphatic rings. The molecule has 0 aliphatic carbocycles. The van der Waals surface area contributed by atoms with E-state index < -0.39 is 0 Å². The molecule has 66 valence electrons. The number of hydrogen-bond acceptors (Lipinski definition) is 4. The van der Waals surface area contributed by atoms with Crippen molar-refractivity contribution < 1.29 is 20.4 Å². The van der Waals surface area contributed by atoms with Crippen molar-refractivity contribution in [1.82, 2.24) is 0 Å². The van der Waals surface area contributed by atoms with Gasteiger partial charge in [-0.3, -0.25) is 0 Å². The molecule has 0 fully saturated rings. The van der Waals surface area contributed by atoms with Crippen LogP contribution in [0.4, 0.5) is 0 Å². The van der Waals surface area contributed by atoms with Crippen molar-refractivity contribution in [3.8, 4) is 17.2 Å². The van der Waals surface area contributed by atoms with E-state index in [1.807, 2.05) is 0 Å². The molecule has 0 radical (unpaired) electrons. The van der Waals surface area contributed by atoms with E-state index in [0.717, 1.165) is 0 Å². The minimum atomic E-state index is -0.222. The van der Waals surface area contributed by atoms with Crippen molar-refractivity contribution in [3.05, 3.63) is 17.7 Å². The summed E-state index contributed by atoms with van der Waals surface area (Å²) in [6.45, 7) is 1.77. The smallest absolute Gasteiger partial charge is 0.207 e. The van der Waals surface area contributed by atoms with Gasteiger partial charge in [0.15, 0.2) is 5.75 Å². The summed E-state index contributed by atoms with van der Waals surface area (Å²) in [6.07, 6.45) is 0.467. The number of phenols is 2. The zero-order valence-corrected chi connectivity index (χ0v) is 6.61. The molecule has 0 aliphatic heterocycles. The van der Waals surface area contributed by atoms with Crippen molar-refractivity contribution in [2.75, 3.05) is 0 Å². The van der Waals surface area contributed by atoms with Crippen LogP contribution in [0.2, 0.25) is 0 Å². The van der Waals surface area contributed by atoms with Gasteiger partial charge in [-0.1, -0.05) is 6.92 Å². The Labute approximate surface area is 69.6 Å². The fourth-order valence-corrected chi connectivity index (χ4v) is 1.03. The van der Waals surface area contributed by atoms with Gasteiger partial charge in [-0.25, -0.2) is 5.26 Å². The molecule has 1 rings (SSSR count). The first-order valence-electron chi connectivity index (χ1n) is 3.56. The Hall–Kier alpha value is -1.42. The zero-order valence-electron chi connectivity index (χ0n) is 6.61. The Morgan fingerprint density at radius 1 is 1.33 bits per heavy atom. The molecular weight excluding hydrogens is 160 g/mol. The molecule has 0 unspecified atom stereocenters. The molecule has 0 spiro atoms. The number of rotatable bonds is 2. The van der Waals surface area contributed by atoms with E-state index >= 15 is 0 Å². The average Bonchev–Trinajstić information content (AvgIpc) is 2.06. The monoisotopic (exact) mass is 170 g/mol. The van der Waals surface area contributed by atoms with Crippen molar-refractivity contribution >= 4 is 0 Å². The van der Waals surface area contributed by atoms with Crippen molar-refractivity contribution in [3.63, 3.8) is 0 Å². The second-order valence-corrected chi connectivity index (χ2v) is 2.35. The fourth-order valence-electron chi connectivity index (χ4n) is 1.03. The van der Waals surface area contributed by atoms with E-state index in [4.69, 9.17) is 5.26 Å². The van der Waals surface area contributed by atoms with Gasteiger partial charge in [-0.05, 0) is 18.6 Å². The molecule has 0 saturated carbocycles. The maximum atomic E-state index is 9.32. The first kappa shape index (κ1) is 8.67. The quantitative estimate of drug-likeness (QED) is 0.464. The van der Waals surface area contributed by atoms with Gasteiger partial charge in [0.05, 0.1) is 0 Å². The van der Waals surface area contributed by atoms with Gasteiger partial charge in [0.25, 0.3) is 0 Å². The number of hydrogen-bond donors (Lipinski definition) is 3. The van der Waals surface area contributed by atoms with Gasteiger partial charge < -0.3 is 15.1 Å². The second kappa shape index (κ2) is 3.32. The summed E-state index contributed by atoms with van der Waals surface area (Å²) in [5.74, 6) is -0.277. The highest BCUT2D eigenvalue weighted by Gasteiger charge is 2.11. The molecule has 0 atom stereocenters. The molecular formula is C8H10O4. The lowest BCUT2D eigenvalue weighted by atomic mass is 10.1. The Morgan fingerprint density at radius 2 is 2.00 bits per heavy atom. The molecule has 3 N–H and O–H groups in total. The Morgan fingerprint density at radius 3 is 2.50 bits per heavy atom. The topological polar surface area (TPSA) is 69.9 Å². The Balaban J connectivity index is 3.24. The number of phenolic OH excluding ortho intramolecular Hbond substituents is 2. The average molecular weight is 170 g/mol. The summed E-state index contributed by atoms with van der Waals surface area (Å²) in [5, 5.41) is 26.8. The van der Waals surface area contributed by atoms with Crippen LogP contribution in [0.1, 0.15) is 12.5 Å². The van der Waals surface area contributed by atoms with Crippen molar-refractivity contribution in [1.29, 1.82) is 0 Å². The fraction of sp³-hybridized carbons (Fsp3) is 0.250. The largest absolute Gasteiger partial charge is 0.508 e. The molecule has 0 aromatic heterocycles. The molecule has 12 heavy (non-hydrogen) atoms. The SMILES string of the molecule is CCc1c(O)ccc(OO)c1O. The normalized spacial score (nSPS) is 9.83. The van der Waals surface area contributed by atoms with Crippen LogP contribution in [0.25, 0.3) is 0 Å². The zero-order chi connectivity index (χ0) is 9.14. The van der Waals surface area contributed by atoms with Crippen LogP contribution in [0.15, 0.2) is 12.1 Å². The van der Waals surface area contributed by atoms with Gasteiger partial charge in [0, 0.05) is 5.56 Å². The minimum absolute atomic E-state index is 0.00389. The predicted molar refractivity (Wildman–Crippen MR) is 42.4 cm³/mol. The van der Waals surface area contributed by atoms with Gasteiger partial charge in [0.2, 0.25) is 5.75 Å². The van der Waals surface area contributed by atoms with E-state index in [1.54, 1.807) is 6.92 Å². The minimum Gasteiger partial charge on any atom is -0.508 e.